The number of hydrogen-bond acceptors (Lipinski definition) is 5. The fraction of sp³-hybridized carbons (Fsp3) is 0.700. The maximum absolute atomic E-state index is 11.9. The van der Waals surface area contributed by atoms with Gasteiger partial charge in [-0.3, -0.25) is 4.68 Å². The minimum absolute atomic E-state index is 0.191. The SMILES string of the molecule is CNCCn1cc(S(=O)(=O)NCCCOC)cn1. The predicted octanol–water partition coefficient (Wildman–Crippen LogP) is -0.583. The smallest absolute Gasteiger partial charge is 0.243 e. The maximum atomic E-state index is 11.9. The highest BCUT2D eigenvalue weighted by Gasteiger charge is 2.15. The number of nitrogens with one attached hydrogen (secondary N) is 2. The predicted molar refractivity (Wildman–Crippen MR) is 67.8 cm³/mol. The number of sulfonamides is 1. The summed E-state index contributed by atoms with van der Waals surface area (Å²) in [4.78, 5) is 0.191. The van der Waals surface area contributed by atoms with Gasteiger partial charge in [-0.2, -0.15) is 5.10 Å². The molecule has 0 saturated carbocycles. The lowest BCUT2D eigenvalue weighted by atomic mass is 10.5. The van der Waals surface area contributed by atoms with E-state index < -0.39 is 10.0 Å². The molecule has 0 spiro atoms. The Kier molecular flexibility index (Phi) is 6.27. The van der Waals surface area contributed by atoms with Crippen LogP contribution in [0.5, 0.6) is 0 Å². The Morgan fingerprint density at radius 3 is 2.89 bits per heavy atom. The van der Waals surface area contributed by atoms with Crippen LogP contribution in [0.3, 0.4) is 0 Å². The van der Waals surface area contributed by atoms with Crippen LogP contribution in [0, 0.1) is 0 Å². The lowest BCUT2D eigenvalue weighted by Gasteiger charge is -2.04. The molecule has 2 N–H and O–H groups in total. The Hall–Kier alpha value is -0.960. The van der Waals surface area contributed by atoms with E-state index in [2.05, 4.69) is 15.1 Å². The van der Waals surface area contributed by atoms with Gasteiger partial charge in [-0.05, 0) is 13.5 Å². The summed E-state index contributed by atoms with van der Waals surface area (Å²) in [6.07, 6.45) is 3.52. The highest BCUT2D eigenvalue weighted by Crippen LogP contribution is 2.06. The van der Waals surface area contributed by atoms with Crippen molar-refractivity contribution in [3.8, 4) is 0 Å². The van der Waals surface area contributed by atoms with Gasteiger partial charge in [0.15, 0.2) is 0 Å². The monoisotopic (exact) mass is 276 g/mol. The lowest BCUT2D eigenvalue weighted by Crippen LogP contribution is -2.25. The molecule has 0 aromatic carbocycles. The third-order valence-corrected chi connectivity index (χ3v) is 3.74. The van der Waals surface area contributed by atoms with Gasteiger partial charge < -0.3 is 10.1 Å². The van der Waals surface area contributed by atoms with Crippen LogP contribution >= 0.6 is 0 Å². The Labute approximate surface area is 108 Å². The first-order valence-electron chi connectivity index (χ1n) is 5.76. The fourth-order valence-electron chi connectivity index (χ4n) is 1.34. The zero-order chi connectivity index (χ0) is 13.4. The standard InChI is InChI=1S/C10H20N4O3S/c1-11-5-6-14-9-10(8-12-14)18(15,16)13-4-3-7-17-2/h8-9,11,13H,3-7H2,1-2H3. The average molecular weight is 276 g/mol. The molecule has 18 heavy (non-hydrogen) atoms. The molecule has 0 aliphatic rings. The molecule has 0 aliphatic carbocycles. The van der Waals surface area contributed by atoms with Gasteiger partial charge >= 0.3 is 0 Å². The van der Waals surface area contributed by atoms with Crippen LogP contribution in [0.4, 0.5) is 0 Å². The van der Waals surface area contributed by atoms with Gasteiger partial charge in [0.2, 0.25) is 10.0 Å². The molecule has 104 valence electrons. The second-order valence-electron chi connectivity index (χ2n) is 3.79. The largest absolute Gasteiger partial charge is 0.385 e. The van der Waals surface area contributed by atoms with Crippen molar-refractivity contribution in [2.45, 2.75) is 17.9 Å². The molecular weight excluding hydrogens is 256 g/mol. The van der Waals surface area contributed by atoms with E-state index in [1.807, 2.05) is 7.05 Å². The summed E-state index contributed by atoms with van der Waals surface area (Å²) in [6, 6.07) is 0. The van der Waals surface area contributed by atoms with Gasteiger partial charge in [0.1, 0.15) is 4.90 Å². The summed E-state index contributed by atoms with van der Waals surface area (Å²) in [5.74, 6) is 0. The van der Waals surface area contributed by atoms with Gasteiger partial charge in [0, 0.05) is 33.0 Å². The van der Waals surface area contributed by atoms with E-state index in [9.17, 15) is 8.42 Å². The molecule has 0 fully saturated rings. The minimum atomic E-state index is -3.45. The second-order valence-corrected chi connectivity index (χ2v) is 5.55. The first kappa shape index (κ1) is 15.1. The van der Waals surface area contributed by atoms with E-state index in [0.29, 0.717) is 26.1 Å². The number of methoxy groups -OCH3 is 1. The van der Waals surface area contributed by atoms with E-state index in [4.69, 9.17) is 4.74 Å². The second kappa shape index (κ2) is 7.47. The zero-order valence-electron chi connectivity index (χ0n) is 10.7. The highest BCUT2D eigenvalue weighted by molar-refractivity contribution is 7.89. The summed E-state index contributed by atoms with van der Waals surface area (Å²) >= 11 is 0. The van der Waals surface area contributed by atoms with Crippen molar-refractivity contribution in [2.24, 2.45) is 0 Å². The first-order chi connectivity index (χ1) is 8.60. The molecule has 1 aromatic heterocycles. The average Bonchev–Trinajstić information content (AvgIpc) is 2.81. The third kappa shape index (κ3) is 4.73. The van der Waals surface area contributed by atoms with Gasteiger partial charge in [-0.25, -0.2) is 13.1 Å². The zero-order valence-corrected chi connectivity index (χ0v) is 11.5. The molecule has 0 radical (unpaired) electrons. The Balaban J connectivity index is 2.53. The van der Waals surface area contributed by atoms with E-state index >= 15 is 0 Å². The number of rotatable bonds is 9. The quantitative estimate of drug-likeness (QED) is 0.589. The number of nitrogens with zero attached hydrogens (tertiary/aromatic N) is 2. The molecule has 0 bridgehead atoms. The van der Waals surface area contributed by atoms with E-state index in [0.717, 1.165) is 6.54 Å². The molecule has 8 heteroatoms. The Morgan fingerprint density at radius 1 is 1.44 bits per heavy atom. The topological polar surface area (TPSA) is 85.2 Å². The number of aromatic nitrogens is 2. The van der Waals surface area contributed by atoms with Crippen molar-refractivity contribution in [1.82, 2.24) is 19.8 Å². The van der Waals surface area contributed by atoms with E-state index in [1.165, 1.54) is 12.4 Å². The Bertz CT molecular complexity index is 444. The molecule has 0 aliphatic heterocycles. The van der Waals surface area contributed by atoms with Crippen molar-refractivity contribution in [1.29, 1.82) is 0 Å². The van der Waals surface area contributed by atoms with Crippen LogP contribution in [0.1, 0.15) is 6.42 Å². The molecule has 1 rings (SSSR count). The van der Waals surface area contributed by atoms with Crippen molar-refractivity contribution in [3.63, 3.8) is 0 Å². The van der Waals surface area contributed by atoms with Crippen molar-refractivity contribution >= 4 is 10.0 Å². The van der Waals surface area contributed by atoms with Gasteiger partial charge in [0.25, 0.3) is 0 Å². The van der Waals surface area contributed by atoms with Crippen molar-refractivity contribution in [2.75, 3.05) is 33.9 Å². The summed E-state index contributed by atoms with van der Waals surface area (Å²) < 4.78 is 32.7. The molecule has 1 heterocycles. The molecule has 0 unspecified atom stereocenters. The molecule has 1 aromatic rings. The highest BCUT2D eigenvalue weighted by atomic mass is 32.2. The molecule has 7 nitrogen and oxygen atoms in total. The van der Waals surface area contributed by atoms with Gasteiger partial charge in [0.05, 0.1) is 12.7 Å². The van der Waals surface area contributed by atoms with Crippen LogP contribution in [-0.2, 0) is 21.3 Å². The summed E-state index contributed by atoms with van der Waals surface area (Å²) in [5, 5.41) is 6.97. The van der Waals surface area contributed by atoms with E-state index in [1.54, 1.807) is 11.8 Å². The van der Waals surface area contributed by atoms with Crippen LogP contribution in [-0.4, -0.2) is 52.1 Å². The van der Waals surface area contributed by atoms with Crippen molar-refractivity contribution < 1.29 is 13.2 Å². The van der Waals surface area contributed by atoms with Crippen LogP contribution in [0.2, 0.25) is 0 Å². The fourth-order valence-corrected chi connectivity index (χ4v) is 2.36. The number of likely N-dealkylation sites (N-methyl/N-ethyl adjacent to an activating group) is 1. The van der Waals surface area contributed by atoms with Gasteiger partial charge in [-0.1, -0.05) is 0 Å². The molecule has 0 atom stereocenters. The van der Waals surface area contributed by atoms with Gasteiger partial charge in [-0.15, -0.1) is 0 Å². The van der Waals surface area contributed by atoms with E-state index in [-0.39, 0.29) is 4.90 Å². The summed E-state index contributed by atoms with van der Waals surface area (Å²) in [7, 11) is -0.0388. The number of ether oxygens (including phenoxy) is 1. The maximum Gasteiger partial charge on any atom is 0.243 e. The van der Waals surface area contributed by atoms with Crippen molar-refractivity contribution in [3.05, 3.63) is 12.4 Å². The lowest BCUT2D eigenvalue weighted by molar-refractivity contribution is 0.196. The normalized spacial score (nSPS) is 11.9. The third-order valence-electron chi connectivity index (χ3n) is 2.33. The molecule has 0 saturated heterocycles. The van der Waals surface area contributed by atoms with Crippen LogP contribution < -0.4 is 10.0 Å². The minimum Gasteiger partial charge on any atom is -0.385 e. The summed E-state index contributed by atoms with van der Waals surface area (Å²) in [5.41, 5.74) is 0. The van der Waals surface area contributed by atoms with Crippen LogP contribution in [0.25, 0.3) is 0 Å². The van der Waals surface area contributed by atoms with Crippen LogP contribution in [0.15, 0.2) is 17.3 Å². The molecule has 0 amide bonds. The summed E-state index contributed by atoms with van der Waals surface area (Å²) in [6.45, 7) is 2.26. The Morgan fingerprint density at radius 2 is 2.22 bits per heavy atom. The first-order valence-corrected chi connectivity index (χ1v) is 7.24. The molecular formula is C10H20N4O3S. The number of hydrogen-bond donors (Lipinski definition) is 2.